The van der Waals surface area contributed by atoms with Gasteiger partial charge in [-0.2, -0.15) is 0 Å². The number of nitrogens with zero attached hydrogens (tertiary/aromatic N) is 2. The normalized spacial score (nSPS) is 10.9. The van der Waals surface area contributed by atoms with Gasteiger partial charge >= 0.3 is 0 Å². The first-order valence-electron chi connectivity index (χ1n) is 3.66. The van der Waals surface area contributed by atoms with E-state index >= 15 is 0 Å². The molecule has 1 N–H and O–H groups in total. The molecular weight excluding hydrogens is 265 g/mol. The Balaban J connectivity index is 2.93. The number of halogens is 1. The summed E-state index contributed by atoms with van der Waals surface area (Å²) in [5.41, 5.74) is 1.98. The van der Waals surface area contributed by atoms with Gasteiger partial charge < -0.3 is 4.98 Å². The van der Waals surface area contributed by atoms with Crippen LogP contribution in [0.1, 0.15) is 11.5 Å². The monoisotopic (exact) mass is 273 g/mol. The molecule has 0 unspecified atom stereocenters. The van der Waals surface area contributed by atoms with Gasteiger partial charge in [-0.05, 0) is 36.4 Å². The zero-order chi connectivity index (χ0) is 8.72. The first-order valence-corrected chi connectivity index (χ1v) is 4.74. The minimum absolute atomic E-state index is 0.818. The van der Waals surface area contributed by atoms with Crippen molar-refractivity contribution < 1.29 is 0 Å². The lowest BCUT2D eigenvalue weighted by Crippen LogP contribution is -1.91. The molecule has 0 spiro atoms. The van der Waals surface area contributed by atoms with E-state index < -0.39 is 0 Å². The predicted molar refractivity (Wildman–Crippen MR) is 56.1 cm³/mol. The van der Waals surface area contributed by atoms with Gasteiger partial charge in [0.1, 0.15) is 11.5 Å². The van der Waals surface area contributed by atoms with Crippen LogP contribution in [-0.4, -0.2) is 15.0 Å². The summed E-state index contributed by atoms with van der Waals surface area (Å²) in [6.45, 7) is 3.91. The number of aromatic amines is 1. The van der Waals surface area contributed by atoms with Crippen molar-refractivity contribution in [2.75, 3.05) is 0 Å². The SMILES string of the molecule is Cc1nc(C)c2c(I)c[nH]c2n1. The zero-order valence-corrected chi connectivity index (χ0v) is 9.01. The number of hydrogen-bond acceptors (Lipinski definition) is 2. The highest BCUT2D eigenvalue weighted by Crippen LogP contribution is 2.20. The smallest absolute Gasteiger partial charge is 0.142 e. The highest BCUT2D eigenvalue weighted by atomic mass is 127. The van der Waals surface area contributed by atoms with Crippen molar-refractivity contribution in [3.05, 3.63) is 21.3 Å². The lowest BCUT2D eigenvalue weighted by Gasteiger charge is -1.97. The molecule has 0 aliphatic rings. The van der Waals surface area contributed by atoms with Gasteiger partial charge in [0, 0.05) is 9.77 Å². The molecule has 0 saturated carbocycles. The average molecular weight is 273 g/mol. The largest absolute Gasteiger partial charge is 0.345 e. The number of rotatable bonds is 0. The number of H-pyrrole nitrogens is 1. The van der Waals surface area contributed by atoms with Gasteiger partial charge in [-0.1, -0.05) is 0 Å². The maximum Gasteiger partial charge on any atom is 0.142 e. The minimum Gasteiger partial charge on any atom is -0.345 e. The Morgan fingerprint density at radius 3 is 2.83 bits per heavy atom. The Morgan fingerprint density at radius 2 is 2.08 bits per heavy atom. The van der Waals surface area contributed by atoms with Crippen LogP contribution >= 0.6 is 22.6 Å². The molecule has 4 heteroatoms. The Hall–Kier alpha value is -0.650. The van der Waals surface area contributed by atoms with Gasteiger partial charge in [0.25, 0.3) is 0 Å². The number of aromatic nitrogens is 3. The quantitative estimate of drug-likeness (QED) is 0.747. The number of hydrogen-bond donors (Lipinski definition) is 1. The van der Waals surface area contributed by atoms with Gasteiger partial charge in [0.05, 0.1) is 11.1 Å². The second kappa shape index (κ2) is 2.69. The van der Waals surface area contributed by atoms with Crippen molar-refractivity contribution in [1.29, 1.82) is 0 Å². The molecule has 3 nitrogen and oxygen atoms in total. The summed E-state index contributed by atoms with van der Waals surface area (Å²) in [7, 11) is 0. The molecule has 0 aliphatic carbocycles. The highest BCUT2D eigenvalue weighted by Gasteiger charge is 2.06. The van der Waals surface area contributed by atoms with Crippen LogP contribution in [0, 0.1) is 17.4 Å². The zero-order valence-electron chi connectivity index (χ0n) is 6.85. The van der Waals surface area contributed by atoms with Gasteiger partial charge in [-0.3, -0.25) is 0 Å². The summed E-state index contributed by atoms with van der Waals surface area (Å²) in [4.78, 5) is 11.7. The van der Waals surface area contributed by atoms with Crippen molar-refractivity contribution in [1.82, 2.24) is 15.0 Å². The molecule has 0 aliphatic heterocycles. The van der Waals surface area contributed by atoms with Gasteiger partial charge in [0.2, 0.25) is 0 Å². The van der Waals surface area contributed by atoms with E-state index in [4.69, 9.17) is 0 Å². The Kier molecular flexibility index (Phi) is 1.79. The van der Waals surface area contributed by atoms with Crippen molar-refractivity contribution in [2.24, 2.45) is 0 Å². The van der Waals surface area contributed by atoms with Crippen LogP contribution in [0.2, 0.25) is 0 Å². The molecule has 62 valence electrons. The van der Waals surface area contributed by atoms with E-state index in [1.165, 1.54) is 3.57 Å². The van der Waals surface area contributed by atoms with Crippen molar-refractivity contribution >= 4 is 33.6 Å². The molecule has 2 aromatic rings. The van der Waals surface area contributed by atoms with E-state index in [0.29, 0.717) is 0 Å². The van der Waals surface area contributed by atoms with E-state index in [1.807, 2.05) is 20.0 Å². The third kappa shape index (κ3) is 1.10. The van der Waals surface area contributed by atoms with E-state index in [-0.39, 0.29) is 0 Å². The van der Waals surface area contributed by atoms with Crippen LogP contribution in [0.15, 0.2) is 6.20 Å². The molecule has 0 atom stereocenters. The third-order valence-electron chi connectivity index (χ3n) is 1.78. The second-order valence-electron chi connectivity index (χ2n) is 2.72. The van der Waals surface area contributed by atoms with Gasteiger partial charge in [-0.25, -0.2) is 9.97 Å². The summed E-state index contributed by atoms with van der Waals surface area (Å²) in [5, 5.41) is 1.14. The van der Waals surface area contributed by atoms with Crippen LogP contribution in [0.25, 0.3) is 11.0 Å². The Labute approximate surface area is 83.8 Å². The fraction of sp³-hybridized carbons (Fsp3) is 0.250. The summed E-state index contributed by atoms with van der Waals surface area (Å²) in [5.74, 6) is 0.818. The summed E-state index contributed by atoms with van der Waals surface area (Å²) in [6, 6.07) is 0. The summed E-state index contributed by atoms with van der Waals surface area (Å²) >= 11 is 2.28. The molecule has 2 rings (SSSR count). The van der Waals surface area contributed by atoms with Crippen LogP contribution in [0.5, 0.6) is 0 Å². The lowest BCUT2D eigenvalue weighted by atomic mass is 10.3. The summed E-state index contributed by atoms with van der Waals surface area (Å²) in [6.07, 6.45) is 1.95. The van der Waals surface area contributed by atoms with Crippen molar-refractivity contribution in [2.45, 2.75) is 13.8 Å². The summed E-state index contributed by atoms with van der Waals surface area (Å²) < 4.78 is 1.18. The minimum atomic E-state index is 0.818. The molecule has 0 aromatic carbocycles. The maximum atomic E-state index is 4.30. The molecule has 0 bridgehead atoms. The average Bonchev–Trinajstić information content (AvgIpc) is 2.31. The fourth-order valence-corrected chi connectivity index (χ4v) is 2.11. The molecule has 0 saturated heterocycles. The third-order valence-corrected chi connectivity index (χ3v) is 2.63. The molecule has 0 radical (unpaired) electrons. The van der Waals surface area contributed by atoms with Crippen LogP contribution < -0.4 is 0 Å². The molecular formula is C8H8IN3. The van der Waals surface area contributed by atoms with Crippen LogP contribution in [0.4, 0.5) is 0 Å². The topological polar surface area (TPSA) is 41.6 Å². The van der Waals surface area contributed by atoms with E-state index in [1.54, 1.807) is 0 Å². The number of aryl methyl sites for hydroxylation is 2. The maximum absolute atomic E-state index is 4.30. The first kappa shape index (κ1) is 7.97. The van der Waals surface area contributed by atoms with Crippen molar-refractivity contribution in [3.8, 4) is 0 Å². The fourth-order valence-electron chi connectivity index (χ4n) is 1.31. The Morgan fingerprint density at radius 1 is 1.33 bits per heavy atom. The van der Waals surface area contributed by atoms with Crippen LogP contribution in [0.3, 0.4) is 0 Å². The van der Waals surface area contributed by atoms with E-state index in [0.717, 1.165) is 22.6 Å². The lowest BCUT2D eigenvalue weighted by molar-refractivity contribution is 1.04. The molecule has 0 amide bonds. The predicted octanol–water partition coefficient (Wildman–Crippen LogP) is 2.18. The molecule has 2 aromatic heterocycles. The standard InChI is InChI=1S/C8H8IN3/c1-4-7-6(9)3-10-8(7)12-5(2)11-4/h3H,1-2H3,(H,10,11,12). The number of fused-ring (bicyclic) bond motifs is 1. The molecule has 2 heterocycles. The van der Waals surface area contributed by atoms with E-state index in [2.05, 4.69) is 37.5 Å². The molecule has 12 heavy (non-hydrogen) atoms. The first-order chi connectivity index (χ1) is 5.68. The van der Waals surface area contributed by atoms with E-state index in [9.17, 15) is 0 Å². The number of nitrogens with one attached hydrogen (secondary N) is 1. The van der Waals surface area contributed by atoms with Gasteiger partial charge in [-0.15, -0.1) is 0 Å². The second-order valence-corrected chi connectivity index (χ2v) is 3.88. The Bertz CT molecular complexity index is 433. The highest BCUT2D eigenvalue weighted by molar-refractivity contribution is 14.1. The molecule has 0 fully saturated rings. The van der Waals surface area contributed by atoms with Crippen LogP contribution in [-0.2, 0) is 0 Å². The van der Waals surface area contributed by atoms with Gasteiger partial charge in [0.15, 0.2) is 0 Å². The van der Waals surface area contributed by atoms with Crippen molar-refractivity contribution in [3.63, 3.8) is 0 Å².